The number of nitrogens with two attached hydrogens (primary N) is 2. The van der Waals surface area contributed by atoms with E-state index in [1.54, 1.807) is 24.3 Å². The van der Waals surface area contributed by atoms with Crippen LogP contribution in [0.2, 0.25) is 0 Å². The summed E-state index contributed by atoms with van der Waals surface area (Å²) in [6.07, 6.45) is 10.7. The van der Waals surface area contributed by atoms with Gasteiger partial charge in [-0.1, -0.05) is 24.3 Å². The fourth-order valence-electron chi connectivity index (χ4n) is 2.21. The second-order valence-corrected chi connectivity index (χ2v) is 5.84. The van der Waals surface area contributed by atoms with Crippen molar-refractivity contribution in [2.75, 3.05) is 0 Å². The van der Waals surface area contributed by atoms with Crippen LogP contribution in [0.1, 0.15) is 25.7 Å². The van der Waals surface area contributed by atoms with Crippen LogP contribution in [-0.4, -0.2) is 73.3 Å². The molecule has 140 valence electrons. The van der Waals surface area contributed by atoms with Crippen LogP contribution in [0.4, 0.5) is 0 Å². The molecule has 0 aromatic heterocycles. The first-order valence-electron chi connectivity index (χ1n) is 7.91. The van der Waals surface area contributed by atoms with Gasteiger partial charge in [0.15, 0.2) is 11.6 Å². The summed E-state index contributed by atoms with van der Waals surface area (Å²) >= 11 is 0. The zero-order valence-corrected chi connectivity index (χ0v) is 17.0. The molecule has 2 aliphatic carbocycles. The Bertz CT molecular complexity index is 649. The van der Waals surface area contributed by atoms with E-state index in [-0.39, 0.29) is 62.1 Å². The zero-order chi connectivity index (χ0) is 19.7. The predicted octanol–water partition coefficient (Wildman–Crippen LogP) is -2.56. The molecule has 0 amide bonds. The fourth-order valence-corrected chi connectivity index (χ4v) is 2.21. The number of carbonyl (C=O) groups is 4. The minimum atomic E-state index is -1.30. The molecule has 0 spiro atoms. The topological polar surface area (TPSA) is 166 Å². The largest absolute Gasteiger partial charge is 2.00 e. The van der Waals surface area contributed by atoms with Crippen molar-refractivity contribution in [1.29, 1.82) is 0 Å². The van der Waals surface area contributed by atoms with E-state index >= 15 is 0 Å². The second kappa shape index (κ2) is 12.7. The molecule has 0 aromatic carbocycles. The van der Waals surface area contributed by atoms with Gasteiger partial charge in [0.25, 0.3) is 0 Å². The van der Waals surface area contributed by atoms with Crippen molar-refractivity contribution < 1.29 is 29.4 Å². The van der Waals surface area contributed by atoms with E-state index in [0.29, 0.717) is 24.0 Å². The van der Waals surface area contributed by atoms with Gasteiger partial charge in [0.05, 0.1) is 11.9 Å². The standard InChI is InChI=1S/2C9H11NO3.Ca/c2*10-8(9(12)13)5-6-2-1-3-7(11)4-6;/h2*1-2,4,8H,3,5,10H2,(H,12,13);/q;;+2/p-2/t2*8-;/m00./s1. The predicted molar refractivity (Wildman–Crippen MR) is 94.6 cm³/mol. The van der Waals surface area contributed by atoms with Crippen molar-refractivity contribution in [3.63, 3.8) is 0 Å². The van der Waals surface area contributed by atoms with Crippen molar-refractivity contribution in [2.24, 2.45) is 11.5 Å². The summed E-state index contributed by atoms with van der Waals surface area (Å²) in [6, 6.07) is -2.08. The van der Waals surface area contributed by atoms with Crippen LogP contribution in [0.5, 0.6) is 0 Å². The number of carbonyl (C=O) groups excluding carboxylic acids is 4. The minimum Gasteiger partial charge on any atom is -0.548 e. The maximum absolute atomic E-state index is 10.9. The van der Waals surface area contributed by atoms with E-state index in [2.05, 4.69) is 0 Å². The molecule has 2 atom stereocenters. The second-order valence-electron chi connectivity index (χ2n) is 5.84. The summed E-state index contributed by atoms with van der Waals surface area (Å²) in [4.78, 5) is 42.4. The first kappa shape index (κ1) is 25.4. The van der Waals surface area contributed by atoms with Crippen molar-refractivity contribution in [3.05, 3.63) is 47.6 Å². The third-order valence-electron chi connectivity index (χ3n) is 3.51. The molecule has 2 aliphatic rings. The van der Waals surface area contributed by atoms with Gasteiger partial charge in [-0.15, -0.1) is 0 Å². The van der Waals surface area contributed by atoms with Gasteiger partial charge in [-0.05, 0) is 36.1 Å². The smallest absolute Gasteiger partial charge is 0.548 e. The van der Waals surface area contributed by atoms with Crippen LogP contribution in [-0.2, 0) is 19.2 Å². The van der Waals surface area contributed by atoms with E-state index in [4.69, 9.17) is 11.5 Å². The number of ketones is 2. The Kier molecular flexibility index (Phi) is 12.0. The monoisotopic (exact) mass is 400 g/mol. The number of hydrogen-bond donors (Lipinski definition) is 2. The molecule has 0 saturated carbocycles. The molecule has 2 rings (SSSR count). The summed E-state index contributed by atoms with van der Waals surface area (Å²) in [5.74, 6) is -2.65. The summed E-state index contributed by atoms with van der Waals surface area (Å²) in [6.45, 7) is 0. The van der Waals surface area contributed by atoms with Gasteiger partial charge in [-0.3, -0.25) is 9.59 Å². The molecule has 0 saturated heterocycles. The maximum atomic E-state index is 10.9. The van der Waals surface area contributed by atoms with Gasteiger partial charge in [-0.2, -0.15) is 0 Å². The van der Waals surface area contributed by atoms with Gasteiger partial charge in [-0.25, -0.2) is 0 Å². The van der Waals surface area contributed by atoms with Gasteiger partial charge >= 0.3 is 37.7 Å². The third kappa shape index (κ3) is 10.4. The Morgan fingerprint density at radius 1 is 0.852 bits per heavy atom. The normalized spacial score (nSPS) is 17.6. The Balaban J connectivity index is 0.000000483. The quantitative estimate of drug-likeness (QED) is 0.459. The molecule has 27 heavy (non-hydrogen) atoms. The molecule has 0 aromatic rings. The van der Waals surface area contributed by atoms with E-state index < -0.39 is 24.0 Å². The average Bonchev–Trinajstić information content (AvgIpc) is 2.55. The molecule has 4 N–H and O–H groups in total. The zero-order valence-electron chi connectivity index (χ0n) is 14.8. The summed E-state index contributed by atoms with van der Waals surface area (Å²) in [5, 5.41) is 20.6. The summed E-state index contributed by atoms with van der Waals surface area (Å²) in [5.41, 5.74) is 11.8. The van der Waals surface area contributed by atoms with Crippen LogP contribution >= 0.6 is 0 Å². The molecule has 0 fully saturated rings. The first-order chi connectivity index (χ1) is 12.2. The maximum Gasteiger partial charge on any atom is 2.00 e. The minimum absolute atomic E-state index is 0. The Morgan fingerprint density at radius 3 is 1.44 bits per heavy atom. The van der Waals surface area contributed by atoms with E-state index in [1.165, 1.54) is 12.2 Å². The molecular weight excluding hydrogens is 380 g/mol. The number of aliphatic carboxylic acids is 2. The van der Waals surface area contributed by atoms with Gasteiger partial charge in [0, 0.05) is 24.9 Å². The number of hydrogen-bond acceptors (Lipinski definition) is 8. The summed E-state index contributed by atoms with van der Waals surface area (Å²) < 4.78 is 0. The van der Waals surface area contributed by atoms with Crippen LogP contribution in [0, 0.1) is 0 Å². The van der Waals surface area contributed by atoms with E-state index in [1.807, 2.05) is 0 Å². The van der Waals surface area contributed by atoms with Crippen molar-refractivity contribution in [2.45, 2.75) is 37.8 Å². The SMILES string of the molecule is N[C@@H](CC1=CC(=O)CC=C1)C(=O)[O-].N[C@@H](CC1=CC(=O)CC=C1)C(=O)[O-].[Ca+2]. The first-order valence-corrected chi connectivity index (χ1v) is 7.91. The Labute approximate surface area is 186 Å². The average molecular weight is 400 g/mol. The fraction of sp³-hybridized carbons (Fsp3) is 0.333. The molecule has 9 heteroatoms. The van der Waals surface area contributed by atoms with Crippen molar-refractivity contribution >= 4 is 61.2 Å². The molecule has 0 bridgehead atoms. The van der Waals surface area contributed by atoms with E-state index in [0.717, 1.165) is 0 Å². The molecule has 0 radical (unpaired) electrons. The van der Waals surface area contributed by atoms with Crippen molar-refractivity contribution in [1.82, 2.24) is 0 Å². The number of carboxylic acid groups (broad SMARTS) is 2. The van der Waals surface area contributed by atoms with Crippen LogP contribution in [0.25, 0.3) is 0 Å². The summed E-state index contributed by atoms with van der Waals surface area (Å²) in [7, 11) is 0. The number of rotatable bonds is 6. The van der Waals surface area contributed by atoms with Gasteiger partial charge in [0.2, 0.25) is 0 Å². The van der Waals surface area contributed by atoms with Gasteiger partial charge in [0.1, 0.15) is 0 Å². The number of allylic oxidation sites excluding steroid dienone is 6. The van der Waals surface area contributed by atoms with Gasteiger partial charge < -0.3 is 31.3 Å². The third-order valence-corrected chi connectivity index (χ3v) is 3.51. The van der Waals surface area contributed by atoms with Crippen molar-refractivity contribution in [3.8, 4) is 0 Å². The molecule has 0 heterocycles. The van der Waals surface area contributed by atoms with E-state index in [9.17, 15) is 29.4 Å². The number of carboxylic acids is 2. The molecular formula is C18H20CaN2O6. The van der Waals surface area contributed by atoms with Crippen LogP contribution in [0.15, 0.2) is 47.6 Å². The Morgan fingerprint density at radius 2 is 1.19 bits per heavy atom. The Hall–Kier alpha value is -1.58. The van der Waals surface area contributed by atoms with Crippen LogP contribution in [0.3, 0.4) is 0 Å². The molecule has 8 nitrogen and oxygen atoms in total. The molecule has 0 aliphatic heterocycles. The molecule has 0 unspecified atom stereocenters. The van der Waals surface area contributed by atoms with Crippen LogP contribution < -0.4 is 21.7 Å².